The van der Waals surface area contributed by atoms with Gasteiger partial charge in [0.05, 0.1) is 17.2 Å². The molecule has 1 amide bonds. The van der Waals surface area contributed by atoms with Crippen LogP contribution >= 0.6 is 11.3 Å². The zero-order valence-corrected chi connectivity index (χ0v) is 16.5. The molecule has 1 heterocycles. The van der Waals surface area contributed by atoms with E-state index in [0.717, 1.165) is 17.7 Å². The number of carbonyl (C=O) groups is 1. The second-order valence-electron chi connectivity index (χ2n) is 6.04. The number of anilines is 1. The Kier molecular flexibility index (Phi) is 6.88. The summed E-state index contributed by atoms with van der Waals surface area (Å²) < 4.78 is 10.4. The molecule has 0 spiro atoms. The molecule has 0 aliphatic heterocycles. The van der Waals surface area contributed by atoms with Crippen LogP contribution in [-0.2, 0) is 16.0 Å². The SMILES string of the molecule is COCCc1ccc(-c2csc(NC(=O)COc3ccccc3[N+](=O)[O-])n2)cc1. The number of nitrogens with one attached hydrogen (secondary N) is 1. The van der Waals surface area contributed by atoms with Crippen molar-refractivity contribution in [1.82, 2.24) is 4.98 Å². The van der Waals surface area contributed by atoms with Gasteiger partial charge < -0.3 is 9.47 Å². The fourth-order valence-electron chi connectivity index (χ4n) is 2.55. The van der Waals surface area contributed by atoms with Crippen LogP contribution in [0.3, 0.4) is 0 Å². The largest absolute Gasteiger partial charge is 0.477 e. The molecule has 1 aromatic heterocycles. The van der Waals surface area contributed by atoms with E-state index in [0.29, 0.717) is 11.7 Å². The van der Waals surface area contributed by atoms with E-state index in [2.05, 4.69) is 10.3 Å². The zero-order valence-electron chi connectivity index (χ0n) is 15.7. The lowest BCUT2D eigenvalue weighted by molar-refractivity contribution is -0.385. The minimum absolute atomic E-state index is 0.0426. The van der Waals surface area contributed by atoms with E-state index < -0.39 is 10.8 Å². The Labute approximate surface area is 171 Å². The molecule has 29 heavy (non-hydrogen) atoms. The Morgan fingerprint density at radius 2 is 1.97 bits per heavy atom. The summed E-state index contributed by atoms with van der Waals surface area (Å²) in [6.45, 7) is 0.314. The molecule has 0 atom stereocenters. The smallest absolute Gasteiger partial charge is 0.310 e. The molecular formula is C20H19N3O5S. The third-order valence-corrected chi connectivity index (χ3v) is 4.77. The molecule has 0 aliphatic rings. The van der Waals surface area contributed by atoms with Gasteiger partial charge in [-0.2, -0.15) is 0 Å². The van der Waals surface area contributed by atoms with Gasteiger partial charge in [0.2, 0.25) is 0 Å². The maximum atomic E-state index is 12.1. The van der Waals surface area contributed by atoms with Gasteiger partial charge in [0, 0.05) is 24.1 Å². The number of aromatic nitrogens is 1. The van der Waals surface area contributed by atoms with Crippen molar-refractivity contribution in [3.05, 3.63) is 69.6 Å². The second-order valence-corrected chi connectivity index (χ2v) is 6.90. The van der Waals surface area contributed by atoms with Crippen molar-refractivity contribution < 1.29 is 19.2 Å². The minimum atomic E-state index is -0.555. The predicted molar refractivity (Wildman–Crippen MR) is 110 cm³/mol. The Bertz CT molecular complexity index is 988. The lowest BCUT2D eigenvalue weighted by atomic mass is 10.1. The van der Waals surface area contributed by atoms with E-state index in [1.807, 2.05) is 29.6 Å². The van der Waals surface area contributed by atoms with Crippen LogP contribution in [0.4, 0.5) is 10.8 Å². The number of hydrogen-bond acceptors (Lipinski definition) is 7. The van der Waals surface area contributed by atoms with Crippen molar-refractivity contribution in [1.29, 1.82) is 0 Å². The summed E-state index contributed by atoms with van der Waals surface area (Å²) >= 11 is 1.29. The van der Waals surface area contributed by atoms with Crippen LogP contribution in [0.15, 0.2) is 53.9 Å². The van der Waals surface area contributed by atoms with Gasteiger partial charge in [0.1, 0.15) is 0 Å². The van der Waals surface area contributed by atoms with E-state index in [9.17, 15) is 14.9 Å². The standard InChI is InChI=1S/C20H19N3O5S/c1-27-11-10-14-6-8-15(9-7-14)16-13-29-20(21-16)22-19(24)12-28-18-5-3-2-4-17(18)23(25)26/h2-9,13H,10-12H2,1H3,(H,21,22,24). The molecule has 0 saturated carbocycles. The molecule has 1 N–H and O–H groups in total. The van der Waals surface area contributed by atoms with Crippen molar-refractivity contribution in [2.24, 2.45) is 0 Å². The number of ether oxygens (including phenoxy) is 2. The van der Waals surface area contributed by atoms with Crippen molar-refractivity contribution in [2.75, 3.05) is 25.6 Å². The van der Waals surface area contributed by atoms with Crippen molar-refractivity contribution in [3.63, 3.8) is 0 Å². The van der Waals surface area contributed by atoms with E-state index in [1.165, 1.54) is 35.1 Å². The quantitative estimate of drug-likeness (QED) is 0.421. The number of amides is 1. The number of methoxy groups -OCH3 is 1. The van der Waals surface area contributed by atoms with Gasteiger partial charge in [-0.05, 0) is 18.1 Å². The van der Waals surface area contributed by atoms with Gasteiger partial charge in [-0.25, -0.2) is 4.98 Å². The topological polar surface area (TPSA) is 104 Å². The summed E-state index contributed by atoms with van der Waals surface area (Å²) in [5.41, 5.74) is 2.68. The highest BCUT2D eigenvalue weighted by Gasteiger charge is 2.15. The van der Waals surface area contributed by atoms with Gasteiger partial charge in [-0.15, -0.1) is 11.3 Å². The summed E-state index contributed by atoms with van der Waals surface area (Å²) in [5, 5.41) is 15.9. The van der Waals surface area contributed by atoms with Crippen LogP contribution in [-0.4, -0.2) is 36.1 Å². The molecule has 0 aliphatic carbocycles. The normalized spacial score (nSPS) is 10.5. The van der Waals surface area contributed by atoms with Gasteiger partial charge in [-0.1, -0.05) is 36.4 Å². The highest BCUT2D eigenvalue weighted by molar-refractivity contribution is 7.14. The van der Waals surface area contributed by atoms with Gasteiger partial charge in [0.25, 0.3) is 5.91 Å². The molecule has 3 aromatic rings. The molecule has 0 bridgehead atoms. The molecule has 0 fully saturated rings. The molecule has 0 radical (unpaired) electrons. The van der Waals surface area contributed by atoms with Crippen molar-refractivity contribution >= 4 is 28.1 Å². The first kappa shape index (κ1) is 20.4. The van der Waals surface area contributed by atoms with Crippen LogP contribution in [0.25, 0.3) is 11.3 Å². The number of rotatable bonds is 9. The number of thiazole rings is 1. The highest BCUT2D eigenvalue weighted by atomic mass is 32.1. The molecule has 8 nitrogen and oxygen atoms in total. The van der Waals surface area contributed by atoms with Crippen LogP contribution < -0.4 is 10.1 Å². The van der Waals surface area contributed by atoms with E-state index in [4.69, 9.17) is 9.47 Å². The van der Waals surface area contributed by atoms with Crippen LogP contribution in [0.5, 0.6) is 5.75 Å². The van der Waals surface area contributed by atoms with E-state index in [-0.39, 0.29) is 18.0 Å². The number of nitro groups is 1. The van der Waals surface area contributed by atoms with Gasteiger partial charge in [0.15, 0.2) is 17.5 Å². The van der Waals surface area contributed by atoms with Crippen LogP contribution in [0, 0.1) is 10.1 Å². The summed E-state index contributed by atoms with van der Waals surface area (Å²) in [7, 11) is 1.67. The first-order valence-corrected chi connectivity index (χ1v) is 9.64. The van der Waals surface area contributed by atoms with Crippen molar-refractivity contribution in [3.8, 4) is 17.0 Å². The first-order valence-electron chi connectivity index (χ1n) is 8.76. The Balaban J connectivity index is 1.57. The maximum Gasteiger partial charge on any atom is 0.310 e. The zero-order chi connectivity index (χ0) is 20.6. The number of para-hydroxylation sites is 2. The minimum Gasteiger partial charge on any atom is -0.477 e. The molecular weight excluding hydrogens is 394 g/mol. The Hall–Kier alpha value is -3.30. The average Bonchev–Trinajstić information content (AvgIpc) is 3.19. The molecule has 9 heteroatoms. The number of nitrogens with zero attached hydrogens (tertiary/aromatic N) is 2. The fourth-order valence-corrected chi connectivity index (χ4v) is 3.29. The number of hydrogen-bond donors (Lipinski definition) is 1. The summed E-state index contributed by atoms with van der Waals surface area (Å²) in [5.74, 6) is -0.403. The third-order valence-electron chi connectivity index (χ3n) is 4.02. The Morgan fingerprint density at radius 1 is 1.21 bits per heavy atom. The second kappa shape index (κ2) is 9.76. The lowest BCUT2D eigenvalue weighted by Crippen LogP contribution is -2.20. The number of nitro benzene ring substituents is 1. The van der Waals surface area contributed by atoms with Crippen molar-refractivity contribution in [2.45, 2.75) is 6.42 Å². The molecule has 0 unspecified atom stereocenters. The van der Waals surface area contributed by atoms with Gasteiger partial charge in [-0.3, -0.25) is 20.2 Å². The summed E-state index contributed by atoms with van der Waals surface area (Å²) in [6, 6.07) is 13.9. The molecule has 150 valence electrons. The first-order chi connectivity index (χ1) is 14.1. The van der Waals surface area contributed by atoms with Crippen LogP contribution in [0.2, 0.25) is 0 Å². The van der Waals surface area contributed by atoms with E-state index in [1.54, 1.807) is 13.2 Å². The highest BCUT2D eigenvalue weighted by Crippen LogP contribution is 2.27. The molecule has 2 aromatic carbocycles. The summed E-state index contributed by atoms with van der Waals surface area (Å²) in [6.07, 6.45) is 0.842. The predicted octanol–water partition coefficient (Wildman–Crippen LogP) is 3.92. The monoisotopic (exact) mass is 413 g/mol. The average molecular weight is 413 g/mol. The van der Waals surface area contributed by atoms with E-state index >= 15 is 0 Å². The molecule has 3 rings (SSSR count). The lowest BCUT2D eigenvalue weighted by Gasteiger charge is -2.06. The fraction of sp³-hybridized carbons (Fsp3) is 0.200. The number of benzene rings is 2. The summed E-state index contributed by atoms with van der Waals surface area (Å²) in [4.78, 5) is 26.9. The Morgan fingerprint density at radius 3 is 2.69 bits per heavy atom. The van der Waals surface area contributed by atoms with Gasteiger partial charge >= 0.3 is 5.69 Å². The van der Waals surface area contributed by atoms with Crippen LogP contribution in [0.1, 0.15) is 5.56 Å². The molecule has 0 saturated heterocycles. The number of carbonyl (C=O) groups excluding carboxylic acids is 1. The maximum absolute atomic E-state index is 12.1. The third kappa shape index (κ3) is 5.59.